The van der Waals surface area contributed by atoms with Gasteiger partial charge in [-0.1, -0.05) is 42.4 Å². The Labute approximate surface area is 199 Å². The number of nitrogens with zero attached hydrogens (tertiary/aromatic N) is 3. The largest absolute Gasteiger partial charge is 0.524 e. The quantitative estimate of drug-likeness (QED) is 0.0806. The predicted molar refractivity (Wildman–Crippen MR) is 126 cm³/mol. The molecule has 0 aliphatic carbocycles. The molecule has 0 aliphatic heterocycles. The molecule has 0 spiro atoms. The Morgan fingerprint density at radius 2 is 1.76 bits per heavy atom. The molecular weight excluding hydrogens is 466 g/mol. The highest BCUT2D eigenvalue weighted by Crippen LogP contribution is 2.42. The van der Waals surface area contributed by atoms with Crippen molar-refractivity contribution in [2.24, 2.45) is 5.11 Å². The Bertz CT molecular complexity index is 888. The second-order valence-electron chi connectivity index (χ2n) is 8.08. The molecule has 1 aromatic carbocycles. The van der Waals surface area contributed by atoms with E-state index in [9.17, 15) is 18.5 Å². The van der Waals surface area contributed by atoms with Crippen LogP contribution in [0.4, 0.5) is 4.39 Å². The van der Waals surface area contributed by atoms with Crippen LogP contribution in [0.15, 0.2) is 23.3 Å². The molecule has 0 aromatic heterocycles. The van der Waals surface area contributed by atoms with Gasteiger partial charge in [-0.15, -0.1) is 0 Å². The van der Waals surface area contributed by atoms with Gasteiger partial charge in [0.2, 0.25) is 5.91 Å². The molecule has 0 saturated carbocycles. The number of phosphoric acid groups is 1. The Kier molecular flexibility index (Phi) is 14.1. The first kappa shape index (κ1) is 29.6. The minimum atomic E-state index is -4.88. The Morgan fingerprint density at radius 3 is 2.47 bits per heavy atom. The lowest BCUT2D eigenvalue weighted by molar-refractivity contribution is -0.124. The molecule has 190 valence electrons. The van der Waals surface area contributed by atoms with E-state index in [0.29, 0.717) is 31.5 Å². The zero-order valence-electron chi connectivity index (χ0n) is 19.5. The lowest BCUT2D eigenvalue weighted by atomic mass is 9.99. The number of Topliss-reactive ketones (excluding diaryl/α,β-unsaturated/α-hetero) is 1. The topological polar surface area (TPSA) is 162 Å². The van der Waals surface area contributed by atoms with E-state index in [1.807, 2.05) is 0 Å². The van der Waals surface area contributed by atoms with E-state index >= 15 is 0 Å². The van der Waals surface area contributed by atoms with Gasteiger partial charge in [-0.3, -0.25) is 19.4 Å². The number of nitrogens with one attached hydrogen (secondary N) is 1. The van der Waals surface area contributed by atoms with Gasteiger partial charge in [-0.2, -0.15) is 0 Å². The third-order valence-corrected chi connectivity index (χ3v) is 5.52. The number of aryl methyl sites for hydroxylation is 1. The summed E-state index contributed by atoms with van der Waals surface area (Å²) in [5, 5.41) is 6.30. The predicted octanol–water partition coefficient (Wildman–Crippen LogP) is 5.37. The van der Waals surface area contributed by atoms with Crippen molar-refractivity contribution < 1.29 is 32.9 Å². The average Bonchev–Trinajstić information content (AvgIpc) is 2.77. The van der Waals surface area contributed by atoms with Crippen LogP contribution in [0.2, 0.25) is 0 Å². The number of benzene rings is 1. The van der Waals surface area contributed by atoms with E-state index in [4.69, 9.17) is 15.3 Å². The van der Waals surface area contributed by atoms with Gasteiger partial charge in [-0.25, -0.2) is 8.96 Å². The van der Waals surface area contributed by atoms with Gasteiger partial charge in [0.15, 0.2) is 12.0 Å². The lowest BCUT2D eigenvalue weighted by Crippen LogP contribution is -2.23. The lowest BCUT2D eigenvalue weighted by Gasteiger charge is -2.15. The maximum Gasteiger partial charge on any atom is 0.524 e. The van der Waals surface area contributed by atoms with Crippen molar-refractivity contribution in [1.29, 1.82) is 0 Å². The normalized spacial score (nSPS) is 12.0. The number of halogens is 1. The number of phosphoric ester groups is 1. The van der Waals surface area contributed by atoms with Crippen molar-refractivity contribution in [3.05, 3.63) is 39.8 Å². The van der Waals surface area contributed by atoms with E-state index in [2.05, 4.69) is 19.9 Å². The summed E-state index contributed by atoms with van der Waals surface area (Å²) >= 11 is 0. The van der Waals surface area contributed by atoms with Gasteiger partial charge >= 0.3 is 7.82 Å². The summed E-state index contributed by atoms with van der Waals surface area (Å²) in [5.74, 6) is -0.996. The van der Waals surface area contributed by atoms with Crippen molar-refractivity contribution in [2.45, 2.75) is 77.3 Å². The van der Waals surface area contributed by atoms with Crippen LogP contribution in [0.5, 0.6) is 5.75 Å². The van der Waals surface area contributed by atoms with Gasteiger partial charge in [0.25, 0.3) is 0 Å². The van der Waals surface area contributed by atoms with E-state index in [-0.39, 0.29) is 23.6 Å². The monoisotopic (exact) mass is 500 g/mol. The number of ketones is 1. The summed E-state index contributed by atoms with van der Waals surface area (Å²) in [6.45, 7) is 2.71. The van der Waals surface area contributed by atoms with Crippen LogP contribution in [0, 0.1) is 6.92 Å². The smallest absolute Gasteiger partial charge is 0.404 e. The highest BCUT2D eigenvalue weighted by Gasteiger charge is 2.26. The minimum Gasteiger partial charge on any atom is -0.404 e. The van der Waals surface area contributed by atoms with Crippen LogP contribution in [-0.2, 0) is 14.2 Å². The molecule has 3 N–H and O–H groups in total. The van der Waals surface area contributed by atoms with Crippen LogP contribution in [-0.4, -0.2) is 34.6 Å². The van der Waals surface area contributed by atoms with E-state index < -0.39 is 19.8 Å². The molecule has 0 radical (unpaired) electrons. The number of carbonyl (C=O) groups is 2. The van der Waals surface area contributed by atoms with Crippen LogP contribution in [0.25, 0.3) is 10.4 Å². The molecule has 0 aliphatic rings. The zero-order valence-corrected chi connectivity index (χ0v) is 20.4. The Hall–Kier alpha value is -2.45. The molecule has 12 heteroatoms. The molecule has 0 saturated heterocycles. The van der Waals surface area contributed by atoms with Gasteiger partial charge in [0.1, 0.15) is 5.75 Å². The van der Waals surface area contributed by atoms with Crippen LogP contribution >= 0.6 is 7.82 Å². The third-order valence-electron chi connectivity index (χ3n) is 5.09. The maximum atomic E-state index is 14.7. The SMILES string of the molecule is Cc1ccc(OP(=O)(O)O)c(C(F)C(=O)CCCCCCCNC(=O)CCCCCN=[N+]=[N-])c1. The molecular formula is C22H34FN4O6P. The first-order chi connectivity index (χ1) is 16.1. The summed E-state index contributed by atoms with van der Waals surface area (Å²) in [7, 11) is -4.88. The first-order valence-electron chi connectivity index (χ1n) is 11.4. The summed E-state index contributed by atoms with van der Waals surface area (Å²) in [5.41, 5.74) is 8.63. The standard InChI is InChI=1S/C22H34FN4O6P/c1-17-12-13-20(33-34(30,31)32)18(16-17)22(23)19(28)10-6-3-2-4-8-14-25-21(29)11-7-5-9-15-26-27-24/h12-13,16,22H,2-11,14-15H2,1H3,(H,25,29)(H2,30,31,32). The fourth-order valence-electron chi connectivity index (χ4n) is 3.34. The number of carbonyl (C=O) groups excluding carboxylic acids is 2. The molecule has 0 bridgehead atoms. The van der Waals surface area contributed by atoms with E-state index in [0.717, 1.165) is 44.9 Å². The van der Waals surface area contributed by atoms with Crippen molar-refractivity contribution in [1.82, 2.24) is 5.32 Å². The third kappa shape index (κ3) is 13.3. The molecule has 1 unspecified atom stereocenters. The molecule has 34 heavy (non-hydrogen) atoms. The van der Waals surface area contributed by atoms with Gasteiger partial charge in [-0.05, 0) is 50.3 Å². The molecule has 1 amide bonds. The van der Waals surface area contributed by atoms with E-state index in [1.54, 1.807) is 6.92 Å². The second kappa shape index (κ2) is 16.2. The highest BCUT2D eigenvalue weighted by atomic mass is 31.2. The molecule has 1 aromatic rings. The van der Waals surface area contributed by atoms with Crippen LogP contribution in [0.1, 0.15) is 81.5 Å². The van der Waals surface area contributed by atoms with Gasteiger partial charge in [0.05, 0.1) is 0 Å². The molecule has 1 atom stereocenters. The number of hydrogen-bond acceptors (Lipinski definition) is 5. The second-order valence-corrected chi connectivity index (χ2v) is 9.25. The number of hydrogen-bond donors (Lipinski definition) is 3. The summed E-state index contributed by atoms with van der Waals surface area (Å²) in [6, 6.07) is 4.11. The number of unbranched alkanes of at least 4 members (excludes halogenated alkanes) is 6. The van der Waals surface area contributed by atoms with Crippen molar-refractivity contribution >= 4 is 19.5 Å². The van der Waals surface area contributed by atoms with Crippen LogP contribution < -0.4 is 9.84 Å². The van der Waals surface area contributed by atoms with Crippen LogP contribution in [0.3, 0.4) is 0 Å². The first-order valence-corrected chi connectivity index (χ1v) is 13.0. The molecule has 0 heterocycles. The molecule has 1 rings (SSSR count). The van der Waals surface area contributed by atoms with Gasteiger partial charge in [0, 0.05) is 36.4 Å². The van der Waals surface area contributed by atoms with E-state index in [1.165, 1.54) is 18.2 Å². The Balaban J connectivity index is 2.21. The number of alkyl halides is 1. The van der Waals surface area contributed by atoms with Crippen molar-refractivity contribution in [3.8, 4) is 5.75 Å². The fraction of sp³-hybridized carbons (Fsp3) is 0.636. The highest BCUT2D eigenvalue weighted by molar-refractivity contribution is 7.46. The summed E-state index contributed by atoms with van der Waals surface area (Å²) in [4.78, 5) is 44.6. The number of amides is 1. The zero-order chi connectivity index (χ0) is 25.4. The Morgan fingerprint density at radius 1 is 1.12 bits per heavy atom. The van der Waals surface area contributed by atoms with Gasteiger partial charge < -0.3 is 9.84 Å². The number of azide groups is 1. The maximum absolute atomic E-state index is 14.7. The summed E-state index contributed by atoms with van der Waals surface area (Å²) in [6.07, 6.45) is 4.58. The fourth-order valence-corrected chi connectivity index (χ4v) is 3.76. The average molecular weight is 501 g/mol. The number of rotatable bonds is 18. The van der Waals surface area contributed by atoms with Crippen molar-refractivity contribution in [3.63, 3.8) is 0 Å². The molecule has 10 nitrogen and oxygen atoms in total. The summed E-state index contributed by atoms with van der Waals surface area (Å²) < 4.78 is 30.4. The minimum absolute atomic E-state index is 0.00150. The van der Waals surface area contributed by atoms with Crippen molar-refractivity contribution in [2.75, 3.05) is 13.1 Å². The molecule has 0 fully saturated rings.